The van der Waals surface area contributed by atoms with Gasteiger partial charge in [0.15, 0.2) is 11.5 Å². The Hall–Kier alpha value is -1.76. The zero-order valence-electron chi connectivity index (χ0n) is 10.6. The lowest BCUT2D eigenvalue weighted by molar-refractivity contribution is -0.385. The van der Waals surface area contributed by atoms with Gasteiger partial charge in [0, 0.05) is 29.0 Å². The van der Waals surface area contributed by atoms with E-state index in [0.717, 1.165) is 15.8 Å². The SMILES string of the molecule is CN(c1ccc(Br)cc1)c1ccc2c(c1)OC(O)(O)O2. The topological polar surface area (TPSA) is 62.2 Å². The molecule has 0 fully saturated rings. The van der Waals surface area contributed by atoms with Gasteiger partial charge >= 0.3 is 6.16 Å². The van der Waals surface area contributed by atoms with E-state index in [0.29, 0.717) is 5.75 Å². The van der Waals surface area contributed by atoms with Crippen LogP contribution in [0.4, 0.5) is 11.4 Å². The van der Waals surface area contributed by atoms with E-state index in [4.69, 9.17) is 9.47 Å². The molecule has 0 radical (unpaired) electrons. The Morgan fingerprint density at radius 3 is 2.25 bits per heavy atom. The molecule has 0 atom stereocenters. The molecule has 20 heavy (non-hydrogen) atoms. The molecule has 0 amide bonds. The summed E-state index contributed by atoms with van der Waals surface area (Å²) >= 11 is 3.39. The summed E-state index contributed by atoms with van der Waals surface area (Å²) in [5.74, 6) is 0.583. The number of nitrogens with zero attached hydrogens (tertiary/aromatic N) is 1. The van der Waals surface area contributed by atoms with Gasteiger partial charge in [0.1, 0.15) is 0 Å². The Bertz CT molecular complexity index is 642. The fourth-order valence-corrected chi connectivity index (χ4v) is 2.25. The van der Waals surface area contributed by atoms with Gasteiger partial charge in [-0.05, 0) is 36.4 Å². The predicted octanol–water partition coefficient (Wildman–Crippen LogP) is 2.58. The third kappa shape index (κ3) is 2.45. The van der Waals surface area contributed by atoms with Crippen LogP contribution in [-0.4, -0.2) is 23.4 Å². The van der Waals surface area contributed by atoms with Crippen LogP contribution in [-0.2, 0) is 0 Å². The van der Waals surface area contributed by atoms with Crippen molar-refractivity contribution >= 4 is 27.3 Å². The lowest BCUT2D eigenvalue weighted by atomic mass is 10.2. The second kappa shape index (κ2) is 4.66. The maximum Gasteiger partial charge on any atom is 0.505 e. The minimum atomic E-state index is -2.59. The largest absolute Gasteiger partial charge is 0.505 e. The van der Waals surface area contributed by atoms with Crippen LogP contribution in [0, 0.1) is 0 Å². The molecule has 2 N–H and O–H groups in total. The third-order valence-electron chi connectivity index (χ3n) is 3.01. The Kier molecular flexibility index (Phi) is 3.08. The van der Waals surface area contributed by atoms with Gasteiger partial charge in [0.05, 0.1) is 0 Å². The first-order valence-corrected chi connectivity index (χ1v) is 6.70. The van der Waals surface area contributed by atoms with Crippen LogP contribution in [0.5, 0.6) is 11.5 Å². The Labute approximate surface area is 124 Å². The summed E-state index contributed by atoms with van der Waals surface area (Å²) in [6, 6.07) is 13.0. The summed E-state index contributed by atoms with van der Waals surface area (Å²) in [6.07, 6.45) is -2.59. The summed E-state index contributed by atoms with van der Waals surface area (Å²) in [6.45, 7) is 0. The monoisotopic (exact) mass is 337 g/mol. The minimum absolute atomic E-state index is 0.288. The van der Waals surface area contributed by atoms with Gasteiger partial charge in [-0.15, -0.1) is 0 Å². The molecule has 2 aromatic rings. The van der Waals surface area contributed by atoms with Crippen molar-refractivity contribution in [3.8, 4) is 11.5 Å². The molecule has 0 aromatic heterocycles. The first kappa shape index (κ1) is 13.2. The average molecular weight is 338 g/mol. The van der Waals surface area contributed by atoms with Gasteiger partial charge in [-0.3, -0.25) is 10.2 Å². The van der Waals surface area contributed by atoms with E-state index in [1.54, 1.807) is 12.1 Å². The maximum atomic E-state index is 9.29. The normalized spacial score (nSPS) is 15.2. The molecule has 1 aliphatic heterocycles. The van der Waals surface area contributed by atoms with E-state index in [9.17, 15) is 10.2 Å². The summed E-state index contributed by atoms with van der Waals surface area (Å²) in [5, 5.41) is 18.6. The van der Waals surface area contributed by atoms with Crippen molar-refractivity contribution in [2.75, 3.05) is 11.9 Å². The van der Waals surface area contributed by atoms with Crippen LogP contribution in [0.25, 0.3) is 0 Å². The predicted molar refractivity (Wildman–Crippen MR) is 77.1 cm³/mol. The highest BCUT2D eigenvalue weighted by molar-refractivity contribution is 9.10. The van der Waals surface area contributed by atoms with Crippen LogP contribution >= 0.6 is 15.9 Å². The van der Waals surface area contributed by atoms with Crippen LogP contribution in [0.15, 0.2) is 46.9 Å². The average Bonchev–Trinajstić information content (AvgIpc) is 2.71. The van der Waals surface area contributed by atoms with Crippen LogP contribution in [0.2, 0.25) is 0 Å². The Morgan fingerprint density at radius 2 is 1.55 bits per heavy atom. The van der Waals surface area contributed by atoms with Crippen molar-refractivity contribution in [2.45, 2.75) is 6.16 Å². The lowest BCUT2D eigenvalue weighted by Gasteiger charge is -2.19. The molecular formula is C14H12BrNO4. The zero-order valence-corrected chi connectivity index (χ0v) is 12.2. The quantitative estimate of drug-likeness (QED) is 0.825. The number of benzene rings is 2. The fraction of sp³-hybridized carbons (Fsp3) is 0.143. The van der Waals surface area contributed by atoms with Gasteiger partial charge in [0.25, 0.3) is 0 Å². The number of fused-ring (bicyclic) bond motifs is 1. The second-order valence-electron chi connectivity index (χ2n) is 4.42. The van der Waals surface area contributed by atoms with E-state index in [2.05, 4.69) is 15.9 Å². The molecule has 0 spiro atoms. The summed E-state index contributed by atoms with van der Waals surface area (Å²) in [7, 11) is 1.91. The van der Waals surface area contributed by atoms with E-state index in [1.807, 2.05) is 42.3 Å². The molecule has 0 saturated heterocycles. The number of rotatable bonds is 2. The highest BCUT2D eigenvalue weighted by atomic mass is 79.9. The Balaban J connectivity index is 1.90. The number of anilines is 2. The molecule has 1 heterocycles. The standard InChI is InChI=1S/C14H12BrNO4/c1-16(10-4-2-9(15)3-5-10)11-6-7-12-13(8-11)20-14(17,18)19-12/h2-8,17-18H,1H3. The molecule has 104 valence electrons. The lowest BCUT2D eigenvalue weighted by Crippen LogP contribution is -2.37. The molecule has 6 heteroatoms. The van der Waals surface area contributed by atoms with Gasteiger partial charge in [0.2, 0.25) is 0 Å². The molecule has 2 aromatic carbocycles. The zero-order chi connectivity index (χ0) is 14.3. The highest BCUT2D eigenvalue weighted by Crippen LogP contribution is 2.40. The summed E-state index contributed by atoms with van der Waals surface area (Å²) < 4.78 is 10.7. The Morgan fingerprint density at radius 1 is 0.950 bits per heavy atom. The van der Waals surface area contributed by atoms with Crippen molar-refractivity contribution in [3.05, 3.63) is 46.9 Å². The first-order valence-electron chi connectivity index (χ1n) is 5.91. The molecule has 3 rings (SSSR count). The fourth-order valence-electron chi connectivity index (χ4n) is 1.99. The highest BCUT2D eigenvalue weighted by Gasteiger charge is 2.38. The van der Waals surface area contributed by atoms with Gasteiger partial charge in [-0.2, -0.15) is 0 Å². The molecule has 0 aliphatic carbocycles. The third-order valence-corrected chi connectivity index (χ3v) is 3.54. The molecule has 0 bridgehead atoms. The summed E-state index contributed by atoms with van der Waals surface area (Å²) in [4.78, 5) is 1.95. The molecular weight excluding hydrogens is 326 g/mol. The van der Waals surface area contributed by atoms with Gasteiger partial charge in [-0.1, -0.05) is 15.9 Å². The van der Waals surface area contributed by atoms with Crippen molar-refractivity contribution in [3.63, 3.8) is 0 Å². The van der Waals surface area contributed by atoms with E-state index < -0.39 is 6.16 Å². The number of hydrogen-bond donors (Lipinski definition) is 2. The van der Waals surface area contributed by atoms with Crippen molar-refractivity contribution < 1.29 is 19.7 Å². The van der Waals surface area contributed by atoms with Gasteiger partial charge < -0.3 is 14.4 Å². The minimum Gasteiger partial charge on any atom is -0.403 e. The summed E-state index contributed by atoms with van der Waals surface area (Å²) in [5.41, 5.74) is 1.83. The number of aliphatic hydroxyl groups is 2. The maximum absolute atomic E-state index is 9.29. The molecule has 5 nitrogen and oxygen atoms in total. The van der Waals surface area contributed by atoms with Gasteiger partial charge in [-0.25, -0.2) is 0 Å². The first-order chi connectivity index (χ1) is 9.44. The smallest absolute Gasteiger partial charge is 0.403 e. The van der Waals surface area contributed by atoms with E-state index in [-0.39, 0.29) is 5.75 Å². The number of ether oxygens (including phenoxy) is 2. The van der Waals surface area contributed by atoms with Crippen molar-refractivity contribution in [2.24, 2.45) is 0 Å². The second-order valence-corrected chi connectivity index (χ2v) is 5.33. The van der Waals surface area contributed by atoms with Crippen LogP contribution < -0.4 is 14.4 Å². The van der Waals surface area contributed by atoms with Crippen molar-refractivity contribution in [1.29, 1.82) is 0 Å². The molecule has 1 aliphatic rings. The number of halogens is 1. The van der Waals surface area contributed by atoms with Crippen molar-refractivity contribution in [1.82, 2.24) is 0 Å². The van der Waals surface area contributed by atoms with Crippen LogP contribution in [0.3, 0.4) is 0 Å². The molecule has 0 saturated carbocycles. The van der Waals surface area contributed by atoms with E-state index in [1.165, 1.54) is 0 Å². The van der Waals surface area contributed by atoms with E-state index >= 15 is 0 Å². The molecule has 0 unspecified atom stereocenters. The number of hydrogen-bond acceptors (Lipinski definition) is 5. The van der Waals surface area contributed by atoms with Crippen LogP contribution in [0.1, 0.15) is 0 Å².